The van der Waals surface area contributed by atoms with E-state index in [4.69, 9.17) is 9.47 Å². The van der Waals surface area contributed by atoms with E-state index in [1.165, 1.54) is 33.4 Å². The van der Waals surface area contributed by atoms with Crippen LogP contribution in [0.3, 0.4) is 0 Å². The number of fused-ring (bicyclic) bond motifs is 18. The molecule has 0 saturated carbocycles. The van der Waals surface area contributed by atoms with Crippen LogP contribution in [0.5, 0.6) is 11.5 Å². The van der Waals surface area contributed by atoms with Gasteiger partial charge in [0.15, 0.2) is 0 Å². The normalized spacial score (nSPS) is 26.4. The van der Waals surface area contributed by atoms with Crippen molar-refractivity contribution in [2.45, 2.75) is 73.8 Å². The third-order valence-electron chi connectivity index (χ3n) is 16.0. The average Bonchev–Trinajstić information content (AvgIpc) is 4.09. The van der Waals surface area contributed by atoms with Crippen molar-refractivity contribution in [3.05, 3.63) is 200 Å². The first-order valence-corrected chi connectivity index (χ1v) is 23.2. The van der Waals surface area contributed by atoms with E-state index in [-0.39, 0.29) is 47.3 Å². The topological polar surface area (TPSA) is 76.7 Å². The Morgan fingerprint density at radius 2 is 0.750 bits per heavy atom. The van der Waals surface area contributed by atoms with Crippen LogP contribution in [0.2, 0.25) is 0 Å². The lowest BCUT2D eigenvalue weighted by Gasteiger charge is -2.32. The number of alkyl halides is 6. The van der Waals surface area contributed by atoms with Crippen molar-refractivity contribution in [1.29, 1.82) is 0 Å². The number of hydrogen-bond acceptors (Lipinski definition) is 4. The Kier molecular flexibility index (Phi) is 10.7. The van der Waals surface area contributed by atoms with Crippen molar-refractivity contribution >= 4 is 11.8 Å². The van der Waals surface area contributed by atoms with E-state index < -0.39 is 36.3 Å². The molecule has 12 heteroatoms. The number of amides is 2. The van der Waals surface area contributed by atoms with Gasteiger partial charge < -0.3 is 20.1 Å². The second kappa shape index (κ2) is 16.6. The molecule has 68 heavy (non-hydrogen) atoms. The lowest BCUT2D eigenvalue weighted by Crippen LogP contribution is -2.42. The van der Waals surface area contributed by atoms with Gasteiger partial charge in [0.05, 0.1) is 26.3 Å². The van der Waals surface area contributed by atoms with Crippen LogP contribution >= 0.6 is 0 Å². The first-order chi connectivity index (χ1) is 32.7. The molecule has 0 aromatic heterocycles. The number of rotatable bonds is 4. The molecule has 0 spiro atoms. The molecule has 6 aromatic carbocycles. The molecule has 2 N–H and O–H groups in total. The zero-order chi connectivity index (χ0) is 47.2. The SMILES string of the molecule is COc1ccc2c(c1)[C@@H](NC(=O)C(F)(F)F)[C@@H]1Cc3ccccc3[C@H]1[C@H]1Cc3ccccc3[C@@H]21.COc1ccc2c(c1)[C@H](NC(=O)C(F)(F)F)[C@H]1Cc3ccccc3[C@@H]1[C@@H]1Cc3ccccc3[C@H]21. The minimum Gasteiger partial charge on any atom is -0.497 e. The van der Waals surface area contributed by atoms with E-state index in [0.29, 0.717) is 24.3 Å². The Morgan fingerprint density at radius 3 is 1.10 bits per heavy atom. The molecule has 0 heterocycles. The zero-order valence-electron chi connectivity index (χ0n) is 37.2. The minimum atomic E-state index is -4.95. The minimum absolute atomic E-state index is 0.0329. The molecule has 0 unspecified atom stereocenters. The van der Waals surface area contributed by atoms with Crippen LogP contribution in [0, 0.1) is 23.7 Å². The summed E-state index contributed by atoms with van der Waals surface area (Å²) in [4.78, 5) is 24.5. The molecule has 6 nitrogen and oxygen atoms in total. The zero-order valence-corrected chi connectivity index (χ0v) is 37.2. The molecule has 0 saturated heterocycles. The Morgan fingerprint density at radius 1 is 0.426 bits per heavy atom. The smallest absolute Gasteiger partial charge is 0.471 e. The van der Waals surface area contributed by atoms with Crippen LogP contribution in [0.15, 0.2) is 133 Å². The Bertz CT molecular complexity index is 2770. The maximum Gasteiger partial charge on any atom is 0.471 e. The fourth-order valence-corrected chi connectivity index (χ4v) is 13.5. The van der Waals surface area contributed by atoms with Gasteiger partial charge in [0, 0.05) is 11.8 Å². The van der Waals surface area contributed by atoms with E-state index >= 15 is 0 Å². The quantitative estimate of drug-likeness (QED) is 0.173. The number of carbonyl (C=O) groups excluding carboxylic acids is 2. The fraction of sp³-hybridized carbons (Fsp3) is 0.321. The molecule has 0 radical (unpaired) electrons. The van der Waals surface area contributed by atoms with Gasteiger partial charge in [-0.2, -0.15) is 26.3 Å². The van der Waals surface area contributed by atoms with Crippen LogP contribution < -0.4 is 20.1 Å². The number of hydrogen-bond donors (Lipinski definition) is 2. The third-order valence-corrected chi connectivity index (χ3v) is 16.0. The summed E-state index contributed by atoms with van der Waals surface area (Å²) in [6, 6.07) is 42.8. The van der Waals surface area contributed by atoms with Crippen LogP contribution in [0.1, 0.15) is 103 Å². The van der Waals surface area contributed by atoms with E-state index in [0.717, 1.165) is 46.2 Å². The third kappa shape index (κ3) is 7.24. The molecule has 348 valence electrons. The van der Waals surface area contributed by atoms with Crippen LogP contribution in [0.25, 0.3) is 0 Å². The number of methoxy groups -OCH3 is 2. The van der Waals surface area contributed by atoms with Gasteiger partial charge in [-0.1, -0.05) is 109 Å². The lowest BCUT2D eigenvalue weighted by molar-refractivity contribution is -0.175. The molecule has 12 rings (SSSR count). The van der Waals surface area contributed by atoms with Gasteiger partial charge in [-0.25, -0.2) is 0 Å². The summed E-state index contributed by atoms with van der Waals surface area (Å²) in [5.41, 5.74) is 13.2. The molecule has 0 fully saturated rings. The Labute approximate surface area is 390 Å². The predicted molar refractivity (Wildman–Crippen MR) is 244 cm³/mol. The summed E-state index contributed by atoms with van der Waals surface area (Å²) in [6.07, 6.45) is -6.92. The molecule has 6 aliphatic rings. The maximum atomic E-state index is 13.4. The molecular formula is C56H48F6N2O4. The highest BCUT2D eigenvalue weighted by Gasteiger charge is 2.55. The summed E-state index contributed by atoms with van der Waals surface area (Å²) < 4.78 is 91.5. The van der Waals surface area contributed by atoms with Gasteiger partial charge in [-0.3, -0.25) is 9.59 Å². The summed E-state index contributed by atoms with van der Waals surface area (Å²) in [6.45, 7) is 0. The molecule has 2 amide bonds. The van der Waals surface area contributed by atoms with Gasteiger partial charge in [-0.15, -0.1) is 0 Å². The summed E-state index contributed by atoms with van der Waals surface area (Å²) in [5.74, 6) is -2.46. The van der Waals surface area contributed by atoms with E-state index in [2.05, 4.69) is 59.2 Å². The monoisotopic (exact) mass is 926 g/mol. The Balaban J connectivity index is 0.000000149. The maximum absolute atomic E-state index is 13.4. The number of carbonyl (C=O) groups is 2. The van der Waals surface area contributed by atoms with Gasteiger partial charge in [0.25, 0.3) is 0 Å². The van der Waals surface area contributed by atoms with Crippen molar-refractivity contribution in [2.24, 2.45) is 23.7 Å². The standard InChI is InChI=1S/2C28H24F3NO2/c2*1-34-17-10-11-20-21(14-17)26(32-27(33)28(29,30)31)23-13-16-7-3-5-9-19(16)25(23)22-12-15-6-2-4-8-18(15)24(20)22/h2*2-11,14,22-26H,12-13H2,1H3,(H,32,33)/t2*22-,23+,24-,25-,26+/m10/s1. The van der Waals surface area contributed by atoms with Gasteiger partial charge >= 0.3 is 24.2 Å². The first kappa shape index (κ1) is 44.0. The van der Waals surface area contributed by atoms with Crippen LogP contribution in [-0.4, -0.2) is 38.4 Å². The van der Waals surface area contributed by atoms with Crippen molar-refractivity contribution in [1.82, 2.24) is 10.6 Å². The van der Waals surface area contributed by atoms with Crippen LogP contribution in [-0.2, 0) is 35.3 Å². The Hall–Kier alpha value is -6.56. The van der Waals surface area contributed by atoms with Crippen molar-refractivity contribution in [3.8, 4) is 11.5 Å². The molecule has 0 aliphatic heterocycles. The van der Waals surface area contributed by atoms with E-state index in [1.54, 1.807) is 14.2 Å². The fourth-order valence-electron chi connectivity index (χ4n) is 13.5. The second-order valence-electron chi connectivity index (χ2n) is 19.2. The number of halogens is 6. The molecule has 0 bridgehead atoms. The van der Waals surface area contributed by atoms with Gasteiger partial charge in [0.1, 0.15) is 11.5 Å². The largest absolute Gasteiger partial charge is 0.497 e. The van der Waals surface area contributed by atoms with Crippen molar-refractivity contribution < 1.29 is 45.4 Å². The molecule has 6 aromatic rings. The van der Waals surface area contributed by atoms with Gasteiger partial charge in [0.2, 0.25) is 0 Å². The lowest BCUT2D eigenvalue weighted by atomic mass is 9.74. The average molecular weight is 927 g/mol. The van der Waals surface area contributed by atoms with Crippen molar-refractivity contribution in [3.63, 3.8) is 0 Å². The molecular weight excluding hydrogens is 879 g/mol. The molecule has 10 atom stereocenters. The van der Waals surface area contributed by atoms with Crippen LogP contribution in [0.4, 0.5) is 26.3 Å². The van der Waals surface area contributed by atoms with Crippen molar-refractivity contribution in [2.75, 3.05) is 14.2 Å². The van der Waals surface area contributed by atoms with E-state index in [1.807, 2.05) is 84.9 Å². The van der Waals surface area contributed by atoms with Gasteiger partial charge in [-0.05, 0) is 152 Å². The highest BCUT2D eigenvalue weighted by Crippen LogP contribution is 2.62. The number of ether oxygens (including phenoxy) is 2. The highest BCUT2D eigenvalue weighted by atomic mass is 19.4. The summed E-state index contributed by atoms with van der Waals surface area (Å²) in [5, 5.41) is 4.81. The molecule has 6 aliphatic carbocycles. The number of benzene rings is 6. The van der Waals surface area contributed by atoms with E-state index in [9.17, 15) is 35.9 Å². The second-order valence-corrected chi connectivity index (χ2v) is 19.2. The first-order valence-electron chi connectivity index (χ1n) is 23.2. The summed E-state index contributed by atoms with van der Waals surface area (Å²) >= 11 is 0. The summed E-state index contributed by atoms with van der Waals surface area (Å²) in [7, 11) is 3.09. The number of nitrogens with one attached hydrogen (secondary N) is 2. The highest BCUT2D eigenvalue weighted by molar-refractivity contribution is 5.83. The predicted octanol–water partition coefficient (Wildman–Crippen LogP) is 11.4.